The van der Waals surface area contributed by atoms with Crippen LogP contribution in [-0.2, 0) is 0 Å². The SMILES string of the molecule is Cc1cc(C)nc(Sc2nc(N)nc(N(c3ccccc3)c3ccccc3)n2)n1. The molecule has 0 unspecified atom stereocenters. The molecule has 0 fully saturated rings. The number of aryl methyl sites for hydroxylation is 2. The van der Waals surface area contributed by atoms with Crippen LogP contribution in [0.1, 0.15) is 11.4 Å². The highest BCUT2D eigenvalue weighted by Crippen LogP contribution is 2.33. The van der Waals surface area contributed by atoms with E-state index in [9.17, 15) is 0 Å². The van der Waals surface area contributed by atoms with Crippen molar-refractivity contribution in [3.8, 4) is 0 Å². The van der Waals surface area contributed by atoms with Crippen LogP contribution in [0.2, 0.25) is 0 Å². The minimum absolute atomic E-state index is 0.138. The lowest BCUT2D eigenvalue weighted by Gasteiger charge is -2.23. The van der Waals surface area contributed by atoms with Gasteiger partial charge >= 0.3 is 0 Å². The molecule has 0 bridgehead atoms. The van der Waals surface area contributed by atoms with Gasteiger partial charge in [0.05, 0.1) is 0 Å². The van der Waals surface area contributed by atoms with E-state index in [-0.39, 0.29) is 5.95 Å². The Kier molecular flexibility index (Phi) is 5.35. The molecule has 2 aromatic carbocycles. The van der Waals surface area contributed by atoms with Crippen molar-refractivity contribution >= 4 is 35.0 Å². The Hall–Kier alpha value is -3.52. The summed E-state index contributed by atoms with van der Waals surface area (Å²) in [5.74, 6) is 0.570. The molecule has 4 rings (SSSR count). The predicted molar refractivity (Wildman–Crippen MR) is 115 cm³/mol. The molecule has 2 aromatic heterocycles. The maximum atomic E-state index is 6.02. The van der Waals surface area contributed by atoms with E-state index in [1.165, 1.54) is 11.8 Å². The second-order valence-corrected chi connectivity index (χ2v) is 7.25. The number of nitrogens with two attached hydrogens (primary N) is 1. The second-order valence-electron chi connectivity index (χ2n) is 6.32. The van der Waals surface area contributed by atoms with Gasteiger partial charge in [0.25, 0.3) is 0 Å². The summed E-state index contributed by atoms with van der Waals surface area (Å²) in [4.78, 5) is 24.1. The average molecular weight is 401 g/mol. The Balaban J connectivity index is 1.77. The summed E-state index contributed by atoms with van der Waals surface area (Å²) in [6.45, 7) is 3.86. The van der Waals surface area contributed by atoms with E-state index in [1.54, 1.807) is 0 Å². The Labute approximate surface area is 173 Å². The molecule has 0 saturated heterocycles. The summed E-state index contributed by atoms with van der Waals surface area (Å²) in [5, 5.41) is 1.01. The fourth-order valence-corrected chi connectivity index (χ4v) is 3.67. The Bertz CT molecular complexity index is 1060. The first-order valence-corrected chi connectivity index (χ1v) is 9.82. The molecular weight excluding hydrogens is 382 g/mol. The molecule has 8 heteroatoms. The van der Waals surface area contributed by atoms with E-state index in [1.807, 2.05) is 85.5 Å². The quantitative estimate of drug-likeness (QED) is 0.489. The van der Waals surface area contributed by atoms with Crippen LogP contribution in [0.25, 0.3) is 0 Å². The maximum Gasteiger partial charge on any atom is 0.240 e. The van der Waals surface area contributed by atoms with E-state index in [0.717, 1.165) is 22.8 Å². The van der Waals surface area contributed by atoms with Crippen molar-refractivity contribution in [3.05, 3.63) is 78.1 Å². The minimum atomic E-state index is 0.138. The third kappa shape index (κ3) is 4.49. The van der Waals surface area contributed by atoms with Gasteiger partial charge in [-0.05, 0) is 55.9 Å². The lowest BCUT2D eigenvalue weighted by atomic mass is 10.2. The number of hydrogen-bond acceptors (Lipinski definition) is 8. The van der Waals surface area contributed by atoms with Gasteiger partial charge in [-0.1, -0.05) is 36.4 Å². The van der Waals surface area contributed by atoms with Crippen LogP contribution in [0.5, 0.6) is 0 Å². The van der Waals surface area contributed by atoms with Gasteiger partial charge in [-0.25, -0.2) is 9.97 Å². The highest BCUT2D eigenvalue weighted by Gasteiger charge is 2.18. The fraction of sp³-hybridized carbons (Fsp3) is 0.0952. The first-order chi connectivity index (χ1) is 14.1. The van der Waals surface area contributed by atoms with E-state index < -0.39 is 0 Å². The largest absolute Gasteiger partial charge is 0.368 e. The number of nitrogens with zero attached hydrogens (tertiary/aromatic N) is 6. The molecule has 2 heterocycles. The van der Waals surface area contributed by atoms with Gasteiger partial charge in [0.15, 0.2) is 5.16 Å². The molecule has 2 N–H and O–H groups in total. The highest BCUT2D eigenvalue weighted by atomic mass is 32.2. The molecule has 29 heavy (non-hydrogen) atoms. The molecule has 0 saturated carbocycles. The molecule has 0 atom stereocenters. The molecule has 4 aromatic rings. The molecule has 0 aliphatic heterocycles. The number of anilines is 4. The van der Waals surface area contributed by atoms with E-state index in [0.29, 0.717) is 16.3 Å². The molecular formula is C21H19N7S. The summed E-state index contributed by atoms with van der Waals surface area (Å²) in [6, 6.07) is 21.7. The van der Waals surface area contributed by atoms with Crippen LogP contribution in [0.3, 0.4) is 0 Å². The van der Waals surface area contributed by atoms with Crippen LogP contribution in [0, 0.1) is 13.8 Å². The Morgan fingerprint density at radius 2 is 1.21 bits per heavy atom. The molecule has 0 aliphatic carbocycles. The molecule has 0 spiro atoms. The first kappa shape index (κ1) is 18.8. The van der Waals surface area contributed by atoms with Gasteiger partial charge in [-0.3, -0.25) is 4.90 Å². The molecule has 7 nitrogen and oxygen atoms in total. The number of aromatic nitrogens is 5. The van der Waals surface area contributed by atoms with Crippen molar-refractivity contribution in [2.45, 2.75) is 24.2 Å². The van der Waals surface area contributed by atoms with Crippen LogP contribution < -0.4 is 10.6 Å². The van der Waals surface area contributed by atoms with Crippen LogP contribution >= 0.6 is 11.8 Å². The second kappa shape index (κ2) is 8.24. The summed E-state index contributed by atoms with van der Waals surface area (Å²) in [7, 11) is 0. The smallest absolute Gasteiger partial charge is 0.240 e. The van der Waals surface area contributed by atoms with Gasteiger partial charge in [-0.15, -0.1) is 0 Å². The molecule has 0 aliphatic rings. The van der Waals surface area contributed by atoms with Crippen molar-refractivity contribution in [3.63, 3.8) is 0 Å². The topological polar surface area (TPSA) is 93.7 Å². The zero-order valence-corrected chi connectivity index (χ0v) is 16.8. The average Bonchev–Trinajstić information content (AvgIpc) is 2.69. The van der Waals surface area contributed by atoms with E-state index >= 15 is 0 Å². The molecule has 0 radical (unpaired) electrons. The van der Waals surface area contributed by atoms with E-state index in [2.05, 4.69) is 24.9 Å². The molecule has 144 valence electrons. The number of benzene rings is 2. The van der Waals surface area contributed by atoms with Gasteiger partial charge < -0.3 is 5.73 Å². The zero-order valence-electron chi connectivity index (χ0n) is 16.0. The first-order valence-electron chi connectivity index (χ1n) is 9.00. The summed E-state index contributed by atoms with van der Waals surface area (Å²) < 4.78 is 0. The lowest BCUT2D eigenvalue weighted by Crippen LogP contribution is -2.15. The van der Waals surface area contributed by atoms with Crippen molar-refractivity contribution in [1.82, 2.24) is 24.9 Å². The van der Waals surface area contributed by atoms with Gasteiger partial charge in [-0.2, -0.15) is 15.0 Å². The number of para-hydroxylation sites is 2. The van der Waals surface area contributed by atoms with Crippen LogP contribution in [0.4, 0.5) is 23.3 Å². The lowest BCUT2D eigenvalue weighted by molar-refractivity contribution is 0.871. The van der Waals surface area contributed by atoms with Crippen LogP contribution in [-0.4, -0.2) is 24.9 Å². The number of rotatable bonds is 5. The number of nitrogen functional groups attached to an aromatic ring is 1. The monoisotopic (exact) mass is 401 g/mol. The standard InChI is InChI=1S/C21H19N7S/c1-14-13-15(2)24-20(23-14)29-21-26-18(22)25-19(27-21)28(16-9-5-3-6-10-16)17-11-7-4-8-12-17/h3-13H,1-2H3,(H2,22,25,26,27). The van der Waals surface area contributed by atoms with Gasteiger partial charge in [0, 0.05) is 22.8 Å². The van der Waals surface area contributed by atoms with Crippen molar-refractivity contribution in [1.29, 1.82) is 0 Å². The summed E-state index contributed by atoms with van der Waals surface area (Å²) >= 11 is 1.26. The zero-order chi connectivity index (χ0) is 20.2. The van der Waals surface area contributed by atoms with Crippen molar-refractivity contribution < 1.29 is 0 Å². The van der Waals surface area contributed by atoms with E-state index in [4.69, 9.17) is 5.73 Å². The molecule has 0 amide bonds. The summed E-state index contributed by atoms with van der Waals surface area (Å²) in [5.41, 5.74) is 9.64. The van der Waals surface area contributed by atoms with Crippen molar-refractivity contribution in [2.24, 2.45) is 0 Å². The Morgan fingerprint density at radius 1 is 0.690 bits per heavy atom. The third-order valence-electron chi connectivity index (χ3n) is 3.99. The number of hydrogen-bond donors (Lipinski definition) is 1. The highest BCUT2D eigenvalue weighted by molar-refractivity contribution is 7.99. The minimum Gasteiger partial charge on any atom is -0.368 e. The summed E-state index contributed by atoms with van der Waals surface area (Å²) in [6.07, 6.45) is 0. The predicted octanol–water partition coefficient (Wildman–Crippen LogP) is 4.48. The van der Waals surface area contributed by atoms with Gasteiger partial charge in [0.2, 0.25) is 17.1 Å². The normalized spacial score (nSPS) is 10.7. The Morgan fingerprint density at radius 3 is 1.76 bits per heavy atom. The maximum absolute atomic E-state index is 6.02. The fourth-order valence-electron chi connectivity index (χ4n) is 2.86. The van der Waals surface area contributed by atoms with Gasteiger partial charge in [0.1, 0.15) is 0 Å². The van der Waals surface area contributed by atoms with Crippen LogP contribution in [0.15, 0.2) is 77.0 Å². The third-order valence-corrected chi connectivity index (χ3v) is 4.72. The van der Waals surface area contributed by atoms with Crippen molar-refractivity contribution in [2.75, 3.05) is 10.6 Å².